The second kappa shape index (κ2) is 7.59. The number of rotatable bonds is 7. The number of hydrogen-bond donors (Lipinski definition) is 1. The highest BCUT2D eigenvalue weighted by atomic mass is 15.2. The molecule has 0 amide bonds. The highest BCUT2D eigenvalue weighted by Crippen LogP contribution is 2.30. The van der Waals surface area contributed by atoms with Crippen LogP contribution in [0.1, 0.15) is 30.5 Å². The first-order valence-electron chi connectivity index (χ1n) is 10.3. The maximum Gasteiger partial charge on any atom is 0.156 e. The van der Waals surface area contributed by atoms with E-state index >= 15 is 0 Å². The molecule has 0 saturated heterocycles. The van der Waals surface area contributed by atoms with E-state index in [0.717, 1.165) is 43.2 Å². The normalized spacial score (nSPS) is 13.9. The van der Waals surface area contributed by atoms with Crippen molar-refractivity contribution in [2.45, 2.75) is 32.1 Å². The van der Waals surface area contributed by atoms with Gasteiger partial charge in [-0.1, -0.05) is 66.7 Å². The Morgan fingerprint density at radius 2 is 1.50 bits per heavy atom. The number of aryl methyl sites for hydroxylation is 2. The molecule has 0 spiro atoms. The van der Waals surface area contributed by atoms with Gasteiger partial charge in [0.05, 0.1) is 5.69 Å². The van der Waals surface area contributed by atoms with Gasteiger partial charge in [0.15, 0.2) is 5.82 Å². The standard InChI is InChI=1S/C25H25N3/c1-2-11-21-19(7-1)8-5-9-20(21)10-6-14-24-22-12-3-4-13-23(22)25(28-27-24)26-17-18-15-16-18/h1-5,7-9,11-13,18H,6,10,14-17H2,(H,26,28). The van der Waals surface area contributed by atoms with Crippen molar-refractivity contribution in [3.8, 4) is 0 Å². The van der Waals surface area contributed by atoms with Crippen LogP contribution in [0.15, 0.2) is 66.7 Å². The summed E-state index contributed by atoms with van der Waals surface area (Å²) >= 11 is 0. The molecule has 0 atom stereocenters. The van der Waals surface area contributed by atoms with Crippen LogP contribution in [0.25, 0.3) is 21.5 Å². The summed E-state index contributed by atoms with van der Waals surface area (Å²) in [7, 11) is 0. The molecule has 0 aliphatic heterocycles. The minimum Gasteiger partial charge on any atom is -0.368 e. The van der Waals surface area contributed by atoms with Gasteiger partial charge in [0.1, 0.15) is 0 Å². The zero-order valence-electron chi connectivity index (χ0n) is 16.1. The summed E-state index contributed by atoms with van der Waals surface area (Å²) in [5.74, 6) is 1.75. The van der Waals surface area contributed by atoms with Gasteiger partial charge in [-0.15, -0.1) is 5.10 Å². The molecule has 1 fully saturated rings. The summed E-state index contributed by atoms with van der Waals surface area (Å²) in [5.41, 5.74) is 2.52. The number of aromatic nitrogens is 2. The Labute approximate surface area is 165 Å². The fourth-order valence-electron chi connectivity index (χ4n) is 3.99. The lowest BCUT2D eigenvalue weighted by atomic mass is 9.99. The molecule has 1 aliphatic rings. The van der Waals surface area contributed by atoms with Crippen LogP contribution in [0, 0.1) is 5.92 Å². The highest BCUT2D eigenvalue weighted by molar-refractivity contribution is 5.93. The van der Waals surface area contributed by atoms with Crippen LogP contribution in [-0.2, 0) is 12.8 Å². The second-order valence-corrected chi connectivity index (χ2v) is 7.86. The molecular weight excluding hydrogens is 342 g/mol. The predicted molar refractivity (Wildman–Crippen MR) is 117 cm³/mol. The monoisotopic (exact) mass is 367 g/mol. The largest absolute Gasteiger partial charge is 0.368 e. The molecule has 0 radical (unpaired) electrons. The SMILES string of the molecule is c1ccc2c(CCCc3nnc(NCC4CC4)c4ccccc34)cccc2c1. The van der Waals surface area contributed by atoms with Crippen LogP contribution in [0.4, 0.5) is 5.82 Å². The molecule has 0 unspecified atom stereocenters. The van der Waals surface area contributed by atoms with E-state index in [1.807, 2.05) is 0 Å². The molecule has 1 saturated carbocycles. The Hall–Kier alpha value is -2.94. The van der Waals surface area contributed by atoms with E-state index in [4.69, 9.17) is 0 Å². The minimum atomic E-state index is 0.820. The first-order chi connectivity index (χ1) is 13.9. The smallest absolute Gasteiger partial charge is 0.156 e. The van der Waals surface area contributed by atoms with Gasteiger partial charge in [-0.25, -0.2) is 0 Å². The maximum absolute atomic E-state index is 4.59. The fraction of sp³-hybridized carbons (Fsp3) is 0.280. The van der Waals surface area contributed by atoms with Gasteiger partial charge >= 0.3 is 0 Å². The number of nitrogens with zero attached hydrogens (tertiary/aromatic N) is 2. The van der Waals surface area contributed by atoms with Crippen LogP contribution < -0.4 is 5.32 Å². The molecule has 1 N–H and O–H groups in total. The summed E-state index contributed by atoms with van der Waals surface area (Å²) in [6.07, 6.45) is 5.75. The number of fused-ring (bicyclic) bond motifs is 2. The molecule has 1 heterocycles. The third-order valence-corrected chi connectivity index (χ3v) is 5.76. The zero-order valence-corrected chi connectivity index (χ0v) is 16.1. The van der Waals surface area contributed by atoms with Gasteiger partial charge in [-0.2, -0.15) is 5.10 Å². The fourth-order valence-corrected chi connectivity index (χ4v) is 3.99. The lowest BCUT2D eigenvalue weighted by Crippen LogP contribution is -2.08. The van der Waals surface area contributed by atoms with E-state index < -0.39 is 0 Å². The van der Waals surface area contributed by atoms with E-state index in [-0.39, 0.29) is 0 Å². The van der Waals surface area contributed by atoms with E-state index in [2.05, 4.69) is 82.2 Å². The van der Waals surface area contributed by atoms with Crippen LogP contribution in [0.2, 0.25) is 0 Å². The Balaban J connectivity index is 1.34. The molecular formula is C25H25N3. The maximum atomic E-state index is 4.59. The molecule has 1 aliphatic carbocycles. The molecule has 3 aromatic carbocycles. The third kappa shape index (κ3) is 3.57. The molecule has 1 aromatic heterocycles. The highest BCUT2D eigenvalue weighted by Gasteiger charge is 2.21. The molecule has 4 aromatic rings. The Kier molecular flexibility index (Phi) is 4.66. The van der Waals surface area contributed by atoms with Crippen molar-refractivity contribution >= 4 is 27.4 Å². The molecule has 3 nitrogen and oxygen atoms in total. The van der Waals surface area contributed by atoms with Crippen LogP contribution in [0.5, 0.6) is 0 Å². The lowest BCUT2D eigenvalue weighted by molar-refractivity contribution is 0.788. The zero-order chi connectivity index (χ0) is 18.8. The van der Waals surface area contributed by atoms with Gasteiger partial charge in [0.2, 0.25) is 0 Å². The second-order valence-electron chi connectivity index (χ2n) is 7.86. The van der Waals surface area contributed by atoms with Gasteiger partial charge in [0, 0.05) is 17.3 Å². The van der Waals surface area contributed by atoms with Crippen molar-refractivity contribution in [3.63, 3.8) is 0 Å². The topological polar surface area (TPSA) is 37.8 Å². The summed E-state index contributed by atoms with van der Waals surface area (Å²) in [4.78, 5) is 0. The Morgan fingerprint density at radius 3 is 2.36 bits per heavy atom. The van der Waals surface area contributed by atoms with Crippen LogP contribution in [0.3, 0.4) is 0 Å². The van der Waals surface area contributed by atoms with E-state index in [9.17, 15) is 0 Å². The number of anilines is 1. The average molecular weight is 367 g/mol. The first-order valence-corrected chi connectivity index (χ1v) is 10.3. The van der Waals surface area contributed by atoms with Crippen molar-refractivity contribution in [3.05, 3.63) is 78.0 Å². The summed E-state index contributed by atoms with van der Waals surface area (Å²) < 4.78 is 0. The van der Waals surface area contributed by atoms with Gasteiger partial charge in [-0.3, -0.25) is 0 Å². The van der Waals surface area contributed by atoms with Gasteiger partial charge in [-0.05, 0) is 54.4 Å². The third-order valence-electron chi connectivity index (χ3n) is 5.76. The van der Waals surface area contributed by atoms with Crippen molar-refractivity contribution < 1.29 is 0 Å². The van der Waals surface area contributed by atoms with E-state index in [1.165, 1.54) is 39.9 Å². The lowest BCUT2D eigenvalue weighted by Gasteiger charge is -2.11. The summed E-state index contributed by atoms with van der Waals surface area (Å²) in [5, 5.41) is 17.7. The van der Waals surface area contributed by atoms with Gasteiger partial charge in [0.25, 0.3) is 0 Å². The van der Waals surface area contributed by atoms with Crippen molar-refractivity contribution in [1.29, 1.82) is 0 Å². The van der Waals surface area contributed by atoms with E-state index in [1.54, 1.807) is 0 Å². The van der Waals surface area contributed by atoms with Gasteiger partial charge < -0.3 is 5.32 Å². The summed E-state index contributed by atoms with van der Waals surface area (Å²) in [6, 6.07) is 23.8. The molecule has 140 valence electrons. The minimum absolute atomic E-state index is 0.820. The van der Waals surface area contributed by atoms with Crippen molar-refractivity contribution in [1.82, 2.24) is 10.2 Å². The quantitative estimate of drug-likeness (QED) is 0.450. The molecule has 5 rings (SSSR count). The molecule has 28 heavy (non-hydrogen) atoms. The molecule has 3 heteroatoms. The Morgan fingerprint density at radius 1 is 0.750 bits per heavy atom. The summed E-state index contributed by atoms with van der Waals surface area (Å²) in [6.45, 7) is 1.01. The van der Waals surface area contributed by atoms with Crippen molar-refractivity contribution in [2.24, 2.45) is 5.92 Å². The predicted octanol–water partition coefficient (Wildman–Crippen LogP) is 5.78. The van der Waals surface area contributed by atoms with E-state index in [0.29, 0.717) is 0 Å². The van der Waals surface area contributed by atoms with Crippen LogP contribution in [-0.4, -0.2) is 16.7 Å². The van der Waals surface area contributed by atoms with Crippen molar-refractivity contribution in [2.75, 3.05) is 11.9 Å². The number of hydrogen-bond acceptors (Lipinski definition) is 3. The molecule has 0 bridgehead atoms. The Bertz CT molecular complexity index is 1110. The number of benzene rings is 3. The average Bonchev–Trinajstić information content (AvgIpc) is 3.58. The first kappa shape index (κ1) is 17.2. The number of nitrogens with one attached hydrogen (secondary N) is 1. The van der Waals surface area contributed by atoms with Crippen LogP contribution >= 0.6 is 0 Å².